The molecule has 0 bridgehead atoms. The van der Waals surface area contributed by atoms with Crippen LogP contribution in [-0.4, -0.2) is 17.5 Å². The first kappa shape index (κ1) is 12.7. The number of allylic oxidation sites excluding steroid dienone is 1. The van der Waals surface area contributed by atoms with Crippen molar-refractivity contribution in [1.29, 1.82) is 0 Å². The molecule has 0 saturated carbocycles. The van der Waals surface area contributed by atoms with E-state index in [1.165, 1.54) is 5.56 Å². The van der Waals surface area contributed by atoms with Crippen LogP contribution in [0.4, 0.5) is 0 Å². The number of ketones is 1. The van der Waals surface area contributed by atoms with Gasteiger partial charge in [0.1, 0.15) is 5.75 Å². The van der Waals surface area contributed by atoms with E-state index in [1.807, 2.05) is 18.2 Å². The Hall–Kier alpha value is -2.81. The summed E-state index contributed by atoms with van der Waals surface area (Å²) in [6.45, 7) is 2.85. The first-order valence-electron chi connectivity index (χ1n) is 7.74. The zero-order valence-electron chi connectivity index (χ0n) is 13.0. The van der Waals surface area contributed by atoms with Crippen LogP contribution >= 0.6 is 0 Å². The molecule has 0 N–H and O–H groups in total. The van der Waals surface area contributed by atoms with Crippen molar-refractivity contribution in [2.24, 2.45) is 0 Å². The maximum Gasteiger partial charge on any atom is 0.188 e. The minimum absolute atomic E-state index is 0.0933. The van der Waals surface area contributed by atoms with E-state index in [2.05, 4.69) is 29.7 Å². The molecular weight excluding hydrogens is 286 g/mol. The first-order chi connectivity index (χ1) is 11.2. The standard InChI is InChI=1S/C20H15NO2/c1-11-8-12-6-7-16(22)19-18(12)15(9-11)21-10-14-13(20(19)21)4-3-5-17(14)23-2/h3-9H,10H2,1-2H3. The molecule has 3 nitrogen and oxygen atoms in total. The average Bonchev–Trinajstić information content (AvgIpc) is 3.07. The molecule has 0 radical (unpaired) electrons. The van der Waals surface area contributed by atoms with Crippen molar-refractivity contribution in [2.45, 2.75) is 13.5 Å². The molecule has 5 rings (SSSR count). The number of ether oxygens (including phenoxy) is 1. The molecule has 1 aliphatic heterocycles. The van der Waals surface area contributed by atoms with Crippen molar-refractivity contribution in [3.8, 4) is 17.0 Å². The monoisotopic (exact) mass is 301 g/mol. The van der Waals surface area contributed by atoms with Crippen molar-refractivity contribution in [3.05, 3.63) is 58.7 Å². The highest BCUT2D eigenvalue weighted by molar-refractivity contribution is 6.24. The second-order valence-corrected chi connectivity index (χ2v) is 6.24. The summed E-state index contributed by atoms with van der Waals surface area (Å²) in [5, 5.41) is 1.09. The lowest BCUT2D eigenvalue weighted by Gasteiger charge is -2.11. The summed E-state index contributed by atoms with van der Waals surface area (Å²) in [5.74, 6) is 0.981. The fourth-order valence-corrected chi connectivity index (χ4v) is 4.02. The van der Waals surface area contributed by atoms with Gasteiger partial charge in [0.25, 0.3) is 0 Å². The predicted octanol–water partition coefficient (Wildman–Crippen LogP) is 4.20. The number of hydrogen-bond acceptors (Lipinski definition) is 2. The summed E-state index contributed by atoms with van der Waals surface area (Å²) in [4.78, 5) is 12.6. The summed E-state index contributed by atoms with van der Waals surface area (Å²) in [6, 6.07) is 10.4. The fourth-order valence-electron chi connectivity index (χ4n) is 4.02. The molecule has 0 fully saturated rings. The summed E-state index contributed by atoms with van der Waals surface area (Å²) >= 11 is 0. The number of hydrogen-bond donors (Lipinski definition) is 0. The van der Waals surface area contributed by atoms with Crippen LogP contribution < -0.4 is 4.74 Å². The number of carbonyl (C=O) groups is 1. The number of aryl methyl sites for hydroxylation is 1. The minimum atomic E-state index is 0.0933. The summed E-state index contributed by atoms with van der Waals surface area (Å²) in [6.07, 6.45) is 3.63. The molecular formula is C20H15NO2. The van der Waals surface area contributed by atoms with Crippen LogP contribution in [0.25, 0.3) is 28.2 Å². The minimum Gasteiger partial charge on any atom is -0.496 e. The Morgan fingerprint density at radius 1 is 1.17 bits per heavy atom. The van der Waals surface area contributed by atoms with Gasteiger partial charge < -0.3 is 9.30 Å². The highest BCUT2D eigenvalue weighted by Crippen LogP contribution is 2.46. The quantitative estimate of drug-likeness (QED) is 0.528. The summed E-state index contributed by atoms with van der Waals surface area (Å²) in [7, 11) is 1.70. The topological polar surface area (TPSA) is 31.2 Å². The third-order valence-corrected chi connectivity index (χ3v) is 4.92. The van der Waals surface area contributed by atoms with Crippen molar-refractivity contribution < 1.29 is 9.53 Å². The Morgan fingerprint density at radius 3 is 2.87 bits per heavy atom. The van der Waals surface area contributed by atoms with Crippen LogP contribution in [-0.2, 0) is 6.54 Å². The van der Waals surface area contributed by atoms with Gasteiger partial charge in [-0.3, -0.25) is 4.79 Å². The van der Waals surface area contributed by atoms with Gasteiger partial charge in [0.15, 0.2) is 5.78 Å². The van der Waals surface area contributed by atoms with Crippen LogP contribution in [0, 0.1) is 6.92 Å². The second kappa shape index (κ2) is 4.13. The molecule has 1 aromatic heterocycles. The molecule has 2 heterocycles. The molecule has 0 amide bonds. The van der Waals surface area contributed by atoms with E-state index in [4.69, 9.17) is 4.74 Å². The fraction of sp³-hybridized carbons (Fsp3) is 0.150. The number of rotatable bonds is 1. The molecule has 23 heavy (non-hydrogen) atoms. The molecule has 112 valence electrons. The Labute approximate surface area is 133 Å². The number of fused-ring (bicyclic) bond motifs is 5. The van der Waals surface area contributed by atoms with Gasteiger partial charge in [-0.2, -0.15) is 0 Å². The largest absolute Gasteiger partial charge is 0.496 e. The third-order valence-electron chi connectivity index (χ3n) is 4.92. The SMILES string of the molecule is COc1cccc2c1Cn1c-2c2c3c(cc(C)cc31)C=CC2=O. The van der Waals surface area contributed by atoms with Crippen molar-refractivity contribution in [1.82, 2.24) is 4.57 Å². The van der Waals surface area contributed by atoms with Crippen molar-refractivity contribution >= 4 is 22.8 Å². The number of carbonyl (C=O) groups excluding carboxylic acids is 1. The molecule has 2 aromatic carbocycles. The summed E-state index contributed by atoms with van der Waals surface area (Å²) < 4.78 is 7.78. The van der Waals surface area contributed by atoms with Crippen molar-refractivity contribution in [3.63, 3.8) is 0 Å². The van der Waals surface area contributed by atoms with E-state index in [9.17, 15) is 4.79 Å². The van der Waals surface area contributed by atoms with Crippen LogP contribution in [0.2, 0.25) is 0 Å². The Balaban J connectivity index is 1.96. The average molecular weight is 301 g/mol. The second-order valence-electron chi connectivity index (χ2n) is 6.24. The lowest BCUT2D eigenvalue weighted by Crippen LogP contribution is -2.01. The van der Waals surface area contributed by atoms with E-state index in [1.54, 1.807) is 13.2 Å². The van der Waals surface area contributed by atoms with Gasteiger partial charge in [-0.1, -0.05) is 24.3 Å². The molecule has 1 aliphatic carbocycles. The van der Waals surface area contributed by atoms with E-state index >= 15 is 0 Å². The number of nitrogens with zero attached hydrogens (tertiary/aromatic N) is 1. The molecule has 0 spiro atoms. The van der Waals surface area contributed by atoms with E-state index < -0.39 is 0 Å². The van der Waals surface area contributed by atoms with E-state index in [-0.39, 0.29) is 5.78 Å². The first-order valence-corrected chi connectivity index (χ1v) is 7.74. The third kappa shape index (κ3) is 1.47. The van der Waals surface area contributed by atoms with Gasteiger partial charge in [-0.05, 0) is 36.3 Å². The van der Waals surface area contributed by atoms with Crippen LogP contribution in [0.3, 0.4) is 0 Å². The van der Waals surface area contributed by atoms with Gasteiger partial charge >= 0.3 is 0 Å². The lowest BCUT2D eigenvalue weighted by atomic mass is 9.92. The Bertz CT molecular complexity index is 1050. The molecule has 3 heteroatoms. The molecule has 3 aromatic rings. The van der Waals surface area contributed by atoms with Gasteiger partial charge in [0.2, 0.25) is 0 Å². The molecule has 0 saturated heterocycles. The molecule has 2 aliphatic rings. The van der Waals surface area contributed by atoms with Gasteiger partial charge in [-0.25, -0.2) is 0 Å². The normalized spacial score (nSPS) is 14.3. The Kier molecular flexibility index (Phi) is 2.28. The zero-order chi connectivity index (χ0) is 15.7. The van der Waals surface area contributed by atoms with E-state index in [0.717, 1.165) is 51.1 Å². The maximum absolute atomic E-state index is 12.6. The smallest absolute Gasteiger partial charge is 0.188 e. The van der Waals surface area contributed by atoms with Gasteiger partial charge in [-0.15, -0.1) is 0 Å². The van der Waals surface area contributed by atoms with Crippen LogP contribution in [0.15, 0.2) is 36.4 Å². The molecule has 0 atom stereocenters. The van der Waals surface area contributed by atoms with E-state index in [0.29, 0.717) is 0 Å². The van der Waals surface area contributed by atoms with Crippen molar-refractivity contribution in [2.75, 3.05) is 7.11 Å². The summed E-state index contributed by atoms with van der Waals surface area (Å²) in [5.41, 5.74) is 7.64. The van der Waals surface area contributed by atoms with Gasteiger partial charge in [0, 0.05) is 16.5 Å². The van der Waals surface area contributed by atoms with Crippen LogP contribution in [0.5, 0.6) is 5.75 Å². The van der Waals surface area contributed by atoms with Crippen LogP contribution in [0.1, 0.15) is 27.0 Å². The number of methoxy groups -OCH3 is 1. The number of benzene rings is 2. The number of aromatic nitrogens is 1. The van der Waals surface area contributed by atoms with Gasteiger partial charge in [0.05, 0.1) is 30.4 Å². The Morgan fingerprint density at radius 2 is 2.04 bits per heavy atom. The highest BCUT2D eigenvalue weighted by Gasteiger charge is 2.32. The maximum atomic E-state index is 12.6. The lowest BCUT2D eigenvalue weighted by molar-refractivity contribution is 0.104. The zero-order valence-corrected chi connectivity index (χ0v) is 13.0. The predicted molar refractivity (Wildman–Crippen MR) is 91.1 cm³/mol. The molecule has 0 unspecified atom stereocenters. The highest BCUT2D eigenvalue weighted by atomic mass is 16.5.